The molecule has 0 unspecified atom stereocenters. The highest BCUT2D eigenvalue weighted by molar-refractivity contribution is 7.92. The number of anilines is 1. The zero-order valence-corrected chi connectivity index (χ0v) is 18.3. The normalized spacial score (nSPS) is 12.0. The number of fused-ring (bicyclic) bond motifs is 2. The molecule has 3 aromatic heterocycles. The Morgan fingerprint density at radius 1 is 1.00 bits per heavy atom. The van der Waals surface area contributed by atoms with Crippen LogP contribution in [-0.4, -0.2) is 41.4 Å². The van der Waals surface area contributed by atoms with Crippen molar-refractivity contribution in [1.29, 1.82) is 0 Å². The van der Waals surface area contributed by atoms with Gasteiger partial charge in [-0.25, -0.2) is 18.4 Å². The van der Waals surface area contributed by atoms with Crippen molar-refractivity contribution < 1.29 is 13.2 Å². The first kappa shape index (κ1) is 20.6. The summed E-state index contributed by atoms with van der Waals surface area (Å²) < 4.78 is 33.7. The van der Waals surface area contributed by atoms with Gasteiger partial charge < -0.3 is 10.5 Å². The number of pyridine rings is 1. The maximum absolute atomic E-state index is 13.6. The largest absolute Gasteiger partial charge is 0.497 e. The fourth-order valence-corrected chi connectivity index (χ4v) is 4.94. The molecule has 0 radical (unpaired) electrons. The van der Waals surface area contributed by atoms with Crippen LogP contribution in [0.15, 0.2) is 87.9 Å². The third-order valence-corrected chi connectivity index (χ3v) is 6.91. The molecular formula is C23H18N6O3S. The van der Waals surface area contributed by atoms with Crippen LogP contribution in [0.3, 0.4) is 0 Å². The van der Waals surface area contributed by atoms with Crippen molar-refractivity contribution in [1.82, 2.24) is 19.6 Å². The Balaban J connectivity index is 1.78. The van der Waals surface area contributed by atoms with Crippen LogP contribution in [0, 0.1) is 0 Å². The van der Waals surface area contributed by atoms with Gasteiger partial charge in [0.15, 0.2) is 5.65 Å². The predicted molar refractivity (Wildman–Crippen MR) is 125 cm³/mol. The summed E-state index contributed by atoms with van der Waals surface area (Å²) in [4.78, 5) is 13.2. The first-order chi connectivity index (χ1) is 16.0. The maximum Gasteiger partial charge on any atom is 0.212 e. The summed E-state index contributed by atoms with van der Waals surface area (Å²) in [5, 5.41) is 4.41. The quantitative estimate of drug-likeness (QED) is 0.401. The summed E-state index contributed by atoms with van der Waals surface area (Å²) in [5.41, 5.74) is 8.60. The van der Waals surface area contributed by atoms with E-state index in [9.17, 15) is 8.42 Å². The Morgan fingerprint density at radius 2 is 1.73 bits per heavy atom. The van der Waals surface area contributed by atoms with E-state index in [0.29, 0.717) is 22.3 Å². The maximum atomic E-state index is 13.6. The molecule has 0 aliphatic heterocycles. The van der Waals surface area contributed by atoms with Crippen LogP contribution < -0.4 is 10.5 Å². The van der Waals surface area contributed by atoms with E-state index in [0.717, 1.165) is 0 Å². The van der Waals surface area contributed by atoms with E-state index in [4.69, 9.17) is 10.5 Å². The zero-order valence-electron chi connectivity index (χ0n) is 17.5. The van der Waals surface area contributed by atoms with Crippen molar-refractivity contribution in [2.45, 2.75) is 9.79 Å². The Kier molecular flexibility index (Phi) is 4.98. The Bertz CT molecular complexity index is 1610. The first-order valence-electron chi connectivity index (χ1n) is 9.89. The third kappa shape index (κ3) is 3.56. The molecular weight excluding hydrogens is 440 g/mol. The van der Waals surface area contributed by atoms with E-state index in [1.165, 1.54) is 30.1 Å². The molecule has 0 spiro atoms. The third-order valence-electron chi connectivity index (χ3n) is 5.07. The van der Waals surface area contributed by atoms with E-state index in [-0.39, 0.29) is 26.8 Å². The molecule has 3 heterocycles. The Morgan fingerprint density at radius 3 is 2.39 bits per heavy atom. The highest BCUT2D eigenvalue weighted by atomic mass is 32.2. The van der Waals surface area contributed by atoms with Gasteiger partial charge in [-0.15, -0.1) is 0 Å². The standard InChI is InChI=1S/C23H18N6O3S/c1-32-16-8-10-17(11-9-16)33(30,31)21-20-23(28-19-7-3-2-6-18(19)27-20)29(22(21)24)26-14-15-5-4-12-25-13-15/h2-14H,24H2,1H3/b26-14+. The smallest absolute Gasteiger partial charge is 0.212 e. The first-order valence-corrected chi connectivity index (χ1v) is 11.4. The van der Waals surface area contributed by atoms with E-state index < -0.39 is 9.84 Å². The number of hydrogen-bond donors (Lipinski definition) is 1. The second-order valence-electron chi connectivity index (χ2n) is 7.12. The molecule has 0 fully saturated rings. The number of sulfone groups is 1. The van der Waals surface area contributed by atoms with E-state index in [1.807, 2.05) is 12.1 Å². The molecule has 2 aromatic carbocycles. The minimum Gasteiger partial charge on any atom is -0.497 e. The summed E-state index contributed by atoms with van der Waals surface area (Å²) in [5.74, 6) is 0.451. The van der Waals surface area contributed by atoms with E-state index in [1.54, 1.807) is 48.8 Å². The molecule has 0 aliphatic carbocycles. The lowest BCUT2D eigenvalue weighted by Gasteiger charge is -2.06. The highest BCUT2D eigenvalue weighted by Gasteiger charge is 2.30. The Hall–Kier alpha value is -4.31. The van der Waals surface area contributed by atoms with Crippen LogP contribution in [-0.2, 0) is 9.84 Å². The number of hydrogen-bond acceptors (Lipinski definition) is 8. The van der Waals surface area contributed by atoms with Crippen LogP contribution in [0.4, 0.5) is 5.82 Å². The van der Waals surface area contributed by atoms with Crippen LogP contribution in [0.1, 0.15) is 5.56 Å². The van der Waals surface area contributed by atoms with Crippen LogP contribution in [0.2, 0.25) is 0 Å². The van der Waals surface area contributed by atoms with Gasteiger partial charge in [-0.05, 0) is 42.5 Å². The molecule has 0 aliphatic rings. The second-order valence-corrected chi connectivity index (χ2v) is 9.01. The molecule has 9 nitrogen and oxygen atoms in total. The van der Waals surface area contributed by atoms with Crippen molar-refractivity contribution in [3.8, 4) is 5.75 Å². The average Bonchev–Trinajstić information content (AvgIpc) is 3.12. The number of rotatable bonds is 5. The predicted octanol–water partition coefficient (Wildman–Crippen LogP) is 3.29. The number of aromatic nitrogens is 4. The van der Waals surface area contributed by atoms with Gasteiger partial charge in [0, 0.05) is 18.0 Å². The number of nitrogen functional groups attached to an aromatic ring is 1. The van der Waals surface area contributed by atoms with Crippen molar-refractivity contribution >= 4 is 44.1 Å². The average molecular weight is 459 g/mol. The summed E-state index contributed by atoms with van der Waals surface area (Å²) in [7, 11) is -2.53. The fourth-order valence-electron chi connectivity index (χ4n) is 3.45. The van der Waals surface area contributed by atoms with Gasteiger partial charge in [0.1, 0.15) is 22.0 Å². The lowest BCUT2D eigenvalue weighted by Crippen LogP contribution is -2.06. The molecule has 164 valence electrons. The topological polar surface area (TPSA) is 125 Å². The minimum atomic E-state index is -4.04. The number of nitrogens with two attached hydrogens (primary N) is 1. The van der Waals surface area contributed by atoms with Crippen LogP contribution in [0.25, 0.3) is 22.2 Å². The van der Waals surface area contributed by atoms with E-state index in [2.05, 4.69) is 20.1 Å². The van der Waals surface area contributed by atoms with E-state index >= 15 is 0 Å². The van der Waals surface area contributed by atoms with Gasteiger partial charge in [-0.3, -0.25) is 4.98 Å². The fraction of sp³-hybridized carbons (Fsp3) is 0.0435. The molecule has 0 saturated heterocycles. The Labute approximate surface area is 189 Å². The molecule has 5 rings (SSSR count). The number of nitrogens with zero attached hydrogens (tertiary/aromatic N) is 5. The van der Waals surface area contributed by atoms with Crippen molar-refractivity contribution in [2.75, 3.05) is 12.8 Å². The van der Waals surface area contributed by atoms with Crippen LogP contribution >= 0.6 is 0 Å². The highest BCUT2D eigenvalue weighted by Crippen LogP contribution is 2.35. The SMILES string of the molecule is COc1ccc(S(=O)(=O)c2c(N)n(/N=C/c3cccnc3)c3nc4ccccc4nc23)cc1. The zero-order chi connectivity index (χ0) is 23.0. The summed E-state index contributed by atoms with van der Waals surface area (Å²) in [6, 6.07) is 16.8. The van der Waals surface area contributed by atoms with Crippen molar-refractivity contribution in [2.24, 2.45) is 5.10 Å². The van der Waals surface area contributed by atoms with Crippen LogP contribution in [0.5, 0.6) is 5.75 Å². The molecule has 2 N–H and O–H groups in total. The van der Waals surface area contributed by atoms with Gasteiger partial charge >= 0.3 is 0 Å². The monoisotopic (exact) mass is 458 g/mol. The number of benzene rings is 2. The lowest BCUT2D eigenvalue weighted by molar-refractivity contribution is 0.414. The summed E-state index contributed by atoms with van der Waals surface area (Å²) in [6.07, 6.45) is 4.80. The van der Waals surface area contributed by atoms with Gasteiger partial charge in [-0.2, -0.15) is 9.78 Å². The van der Waals surface area contributed by atoms with Gasteiger partial charge in [-0.1, -0.05) is 18.2 Å². The number of ether oxygens (including phenoxy) is 1. The summed E-state index contributed by atoms with van der Waals surface area (Å²) in [6.45, 7) is 0. The van der Waals surface area contributed by atoms with Gasteiger partial charge in [0.2, 0.25) is 9.84 Å². The van der Waals surface area contributed by atoms with Gasteiger partial charge in [0.05, 0.1) is 29.3 Å². The molecule has 5 aromatic rings. The number of para-hydroxylation sites is 2. The molecule has 33 heavy (non-hydrogen) atoms. The molecule has 0 saturated carbocycles. The lowest BCUT2D eigenvalue weighted by atomic mass is 10.3. The molecule has 0 bridgehead atoms. The molecule has 0 atom stereocenters. The molecule has 10 heteroatoms. The summed E-state index contributed by atoms with van der Waals surface area (Å²) >= 11 is 0. The second kappa shape index (κ2) is 7.99. The minimum absolute atomic E-state index is 0.0558. The van der Waals surface area contributed by atoms with Crippen molar-refractivity contribution in [3.63, 3.8) is 0 Å². The van der Waals surface area contributed by atoms with Crippen molar-refractivity contribution in [3.05, 3.63) is 78.6 Å². The number of methoxy groups -OCH3 is 1. The molecule has 0 amide bonds. The van der Waals surface area contributed by atoms with Gasteiger partial charge in [0.25, 0.3) is 0 Å².